The molecule has 0 amide bonds. The molecule has 1 aromatic carbocycles. The summed E-state index contributed by atoms with van der Waals surface area (Å²) in [6.07, 6.45) is 0.824. The van der Waals surface area contributed by atoms with Crippen molar-refractivity contribution >= 4 is 23.2 Å². The Hall–Kier alpha value is -1.10. The van der Waals surface area contributed by atoms with E-state index in [-0.39, 0.29) is 6.61 Å². The minimum Gasteiger partial charge on any atom is -0.390 e. The highest BCUT2D eigenvalue weighted by Gasteiger charge is 2.14. The van der Waals surface area contributed by atoms with E-state index in [1.54, 1.807) is 6.07 Å². The average Bonchev–Trinajstić information content (AvgIpc) is 2.76. The second-order valence-electron chi connectivity index (χ2n) is 5.15. The zero-order valence-corrected chi connectivity index (χ0v) is 13.0. The third kappa shape index (κ3) is 3.51. The maximum atomic E-state index is 9.34. The number of aliphatic hydroxyl groups excluding tert-OH is 1. The number of hydrogen-bond acceptors (Lipinski definition) is 3. The van der Waals surface area contributed by atoms with Crippen LogP contribution in [0.2, 0.25) is 10.0 Å². The molecule has 0 spiro atoms. The summed E-state index contributed by atoms with van der Waals surface area (Å²) in [4.78, 5) is 0. The van der Waals surface area contributed by atoms with Crippen molar-refractivity contribution in [1.82, 2.24) is 15.0 Å². The van der Waals surface area contributed by atoms with Crippen LogP contribution in [0.3, 0.4) is 0 Å². The summed E-state index contributed by atoms with van der Waals surface area (Å²) in [5.74, 6) is 0.464. The van der Waals surface area contributed by atoms with E-state index >= 15 is 0 Å². The number of rotatable bonds is 5. The lowest BCUT2D eigenvalue weighted by molar-refractivity contribution is 0.275. The third-order valence-corrected chi connectivity index (χ3v) is 3.72. The SMILES string of the molecule is CC(C)Cc1c(CO)nnn1Cc1ccc(Cl)c(Cl)c1. The van der Waals surface area contributed by atoms with Gasteiger partial charge in [-0.1, -0.05) is 48.3 Å². The molecule has 0 aliphatic carbocycles. The quantitative estimate of drug-likeness (QED) is 0.921. The number of aliphatic hydroxyl groups is 1. The van der Waals surface area contributed by atoms with Crippen LogP contribution in [0.15, 0.2) is 18.2 Å². The van der Waals surface area contributed by atoms with Crippen LogP contribution < -0.4 is 0 Å². The Bertz CT molecular complexity index is 596. The smallest absolute Gasteiger partial charge is 0.111 e. The van der Waals surface area contributed by atoms with E-state index in [2.05, 4.69) is 24.2 Å². The van der Waals surface area contributed by atoms with Crippen molar-refractivity contribution in [2.75, 3.05) is 0 Å². The molecule has 1 heterocycles. The Morgan fingerprint density at radius 1 is 1.25 bits per heavy atom. The number of halogens is 2. The van der Waals surface area contributed by atoms with E-state index in [9.17, 15) is 5.11 Å². The summed E-state index contributed by atoms with van der Waals surface area (Å²) in [5, 5.41) is 18.5. The van der Waals surface area contributed by atoms with E-state index in [1.165, 1.54) is 0 Å². The highest BCUT2D eigenvalue weighted by Crippen LogP contribution is 2.23. The Balaban J connectivity index is 2.28. The maximum Gasteiger partial charge on any atom is 0.111 e. The Morgan fingerprint density at radius 3 is 2.60 bits per heavy atom. The lowest BCUT2D eigenvalue weighted by Crippen LogP contribution is -2.10. The first-order valence-electron chi connectivity index (χ1n) is 6.47. The molecule has 0 atom stereocenters. The molecule has 0 unspecified atom stereocenters. The first-order chi connectivity index (χ1) is 9.51. The van der Waals surface area contributed by atoms with Crippen molar-refractivity contribution in [1.29, 1.82) is 0 Å². The van der Waals surface area contributed by atoms with Crippen LogP contribution in [0.1, 0.15) is 30.8 Å². The molecule has 1 N–H and O–H groups in total. The van der Waals surface area contributed by atoms with Crippen LogP contribution in [0, 0.1) is 5.92 Å². The van der Waals surface area contributed by atoms with E-state index in [0.717, 1.165) is 17.7 Å². The van der Waals surface area contributed by atoms with Gasteiger partial charge < -0.3 is 5.11 Å². The second kappa shape index (κ2) is 6.57. The Labute approximate surface area is 128 Å². The van der Waals surface area contributed by atoms with Gasteiger partial charge in [0.15, 0.2) is 0 Å². The number of benzene rings is 1. The molecular weight excluding hydrogens is 297 g/mol. The van der Waals surface area contributed by atoms with Crippen LogP contribution in [-0.4, -0.2) is 20.1 Å². The van der Waals surface area contributed by atoms with Crippen molar-refractivity contribution in [3.05, 3.63) is 45.2 Å². The topological polar surface area (TPSA) is 50.9 Å². The van der Waals surface area contributed by atoms with Crippen LogP contribution in [0.25, 0.3) is 0 Å². The fourth-order valence-electron chi connectivity index (χ4n) is 2.04. The van der Waals surface area contributed by atoms with Gasteiger partial charge in [-0.15, -0.1) is 5.10 Å². The van der Waals surface area contributed by atoms with E-state index in [4.69, 9.17) is 23.2 Å². The maximum absolute atomic E-state index is 9.34. The molecule has 20 heavy (non-hydrogen) atoms. The van der Waals surface area contributed by atoms with E-state index in [1.807, 2.05) is 16.8 Å². The molecule has 2 rings (SSSR count). The van der Waals surface area contributed by atoms with Crippen molar-refractivity contribution < 1.29 is 5.11 Å². The normalized spacial score (nSPS) is 11.3. The highest BCUT2D eigenvalue weighted by atomic mass is 35.5. The van der Waals surface area contributed by atoms with Crippen molar-refractivity contribution in [2.24, 2.45) is 5.92 Å². The molecular formula is C14H17Cl2N3O. The van der Waals surface area contributed by atoms with Gasteiger partial charge in [0.1, 0.15) is 5.69 Å². The van der Waals surface area contributed by atoms with Gasteiger partial charge in [-0.3, -0.25) is 0 Å². The molecule has 0 fully saturated rings. The summed E-state index contributed by atoms with van der Waals surface area (Å²) >= 11 is 11.9. The standard InChI is InChI=1S/C14H17Cl2N3O/c1-9(2)5-14-13(8-20)17-18-19(14)7-10-3-4-11(15)12(16)6-10/h3-4,6,9,20H,5,7-8H2,1-2H3. The van der Waals surface area contributed by atoms with Crippen LogP contribution in [0.4, 0.5) is 0 Å². The molecule has 4 nitrogen and oxygen atoms in total. The van der Waals surface area contributed by atoms with Gasteiger partial charge in [-0.2, -0.15) is 0 Å². The number of hydrogen-bond donors (Lipinski definition) is 1. The molecule has 0 bridgehead atoms. The minimum absolute atomic E-state index is 0.0938. The molecule has 2 aromatic rings. The number of aromatic nitrogens is 3. The monoisotopic (exact) mass is 313 g/mol. The van der Waals surface area contributed by atoms with Gasteiger partial charge in [-0.25, -0.2) is 4.68 Å². The third-order valence-electron chi connectivity index (χ3n) is 2.99. The second-order valence-corrected chi connectivity index (χ2v) is 5.96. The highest BCUT2D eigenvalue weighted by molar-refractivity contribution is 6.42. The number of nitrogens with zero attached hydrogens (tertiary/aromatic N) is 3. The first kappa shape index (κ1) is 15.3. The van der Waals surface area contributed by atoms with E-state index < -0.39 is 0 Å². The lowest BCUT2D eigenvalue weighted by atomic mass is 10.1. The molecule has 0 saturated heterocycles. The molecule has 0 aliphatic heterocycles. The van der Waals surface area contributed by atoms with Gasteiger partial charge in [0, 0.05) is 0 Å². The fraction of sp³-hybridized carbons (Fsp3) is 0.429. The van der Waals surface area contributed by atoms with Crippen molar-refractivity contribution in [2.45, 2.75) is 33.4 Å². The van der Waals surface area contributed by atoms with E-state index in [0.29, 0.717) is 28.2 Å². The lowest BCUT2D eigenvalue weighted by Gasteiger charge is -2.10. The van der Waals surface area contributed by atoms with Gasteiger partial charge in [0.2, 0.25) is 0 Å². The molecule has 1 aromatic heterocycles. The van der Waals surface area contributed by atoms with Crippen LogP contribution in [-0.2, 0) is 19.6 Å². The van der Waals surface area contributed by atoms with Crippen molar-refractivity contribution in [3.8, 4) is 0 Å². The summed E-state index contributed by atoms with van der Waals surface area (Å²) in [5.41, 5.74) is 2.60. The van der Waals surface area contributed by atoms with Gasteiger partial charge in [-0.05, 0) is 30.0 Å². The predicted octanol–water partition coefficient (Wildman–Crippen LogP) is 3.32. The van der Waals surface area contributed by atoms with Gasteiger partial charge in [0.05, 0.1) is 28.9 Å². The summed E-state index contributed by atoms with van der Waals surface area (Å²) in [6, 6.07) is 5.50. The predicted molar refractivity (Wildman–Crippen MR) is 80.1 cm³/mol. The fourth-order valence-corrected chi connectivity index (χ4v) is 2.36. The molecule has 6 heteroatoms. The first-order valence-corrected chi connectivity index (χ1v) is 7.23. The van der Waals surface area contributed by atoms with Crippen molar-refractivity contribution in [3.63, 3.8) is 0 Å². The Kier molecular flexibility index (Phi) is 5.02. The average molecular weight is 314 g/mol. The van der Waals surface area contributed by atoms with Gasteiger partial charge in [0.25, 0.3) is 0 Å². The molecule has 0 saturated carbocycles. The summed E-state index contributed by atoms with van der Waals surface area (Å²) < 4.78 is 1.81. The summed E-state index contributed by atoms with van der Waals surface area (Å²) in [7, 11) is 0. The molecule has 108 valence electrons. The minimum atomic E-state index is -0.0938. The summed E-state index contributed by atoms with van der Waals surface area (Å²) in [6.45, 7) is 4.71. The van der Waals surface area contributed by atoms with Gasteiger partial charge >= 0.3 is 0 Å². The zero-order chi connectivity index (χ0) is 14.7. The van der Waals surface area contributed by atoms with Crippen LogP contribution in [0.5, 0.6) is 0 Å². The largest absolute Gasteiger partial charge is 0.390 e. The van der Waals surface area contributed by atoms with Crippen LogP contribution >= 0.6 is 23.2 Å². The Morgan fingerprint density at radius 2 is 2.00 bits per heavy atom. The molecule has 0 radical (unpaired) electrons. The zero-order valence-electron chi connectivity index (χ0n) is 11.5. The molecule has 0 aliphatic rings.